The van der Waals surface area contributed by atoms with Crippen molar-refractivity contribution in [2.24, 2.45) is 0 Å². The maximum Gasteiger partial charge on any atom is 0.274 e. The minimum Gasteiger partial charge on any atom is -0.490 e. The molecule has 0 bridgehead atoms. The number of aromatic nitrogens is 2. The van der Waals surface area contributed by atoms with E-state index >= 15 is 0 Å². The maximum absolute atomic E-state index is 13.0. The van der Waals surface area contributed by atoms with E-state index in [0.29, 0.717) is 37.5 Å². The first-order valence-corrected chi connectivity index (χ1v) is 12.2. The second kappa shape index (κ2) is 9.29. The maximum atomic E-state index is 13.0. The van der Waals surface area contributed by atoms with Crippen molar-refractivity contribution in [3.8, 4) is 11.5 Å². The van der Waals surface area contributed by atoms with Crippen LogP contribution in [-0.4, -0.2) is 22.6 Å². The van der Waals surface area contributed by atoms with Crippen LogP contribution in [0.25, 0.3) is 22.1 Å². The van der Waals surface area contributed by atoms with Gasteiger partial charge in [0.1, 0.15) is 19.0 Å². The van der Waals surface area contributed by atoms with Crippen molar-refractivity contribution < 1.29 is 9.47 Å². The predicted molar refractivity (Wildman–Crippen MR) is 139 cm³/mol. The van der Waals surface area contributed by atoms with Crippen molar-refractivity contribution in [3.05, 3.63) is 96.2 Å². The summed E-state index contributed by atoms with van der Waals surface area (Å²) in [5.74, 6) is 1.18. The van der Waals surface area contributed by atoms with Crippen molar-refractivity contribution in [2.45, 2.75) is 13.8 Å². The molecule has 0 fully saturated rings. The van der Waals surface area contributed by atoms with E-state index in [9.17, 15) is 4.79 Å². The number of rotatable bonds is 6. The van der Waals surface area contributed by atoms with Crippen LogP contribution in [0, 0.1) is 13.8 Å². The Labute approximate surface area is 209 Å². The van der Waals surface area contributed by atoms with Gasteiger partial charge < -0.3 is 9.47 Å². The molecule has 0 aliphatic heterocycles. The molecule has 0 aliphatic rings. The van der Waals surface area contributed by atoms with E-state index in [-0.39, 0.29) is 12.2 Å². The summed E-state index contributed by atoms with van der Waals surface area (Å²) in [5.41, 5.74) is 4.56. The van der Waals surface area contributed by atoms with E-state index in [1.807, 2.05) is 49.4 Å². The van der Waals surface area contributed by atoms with Gasteiger partial charge in [-0.1, -0.05) is 52.7 Å². The number of hydrogen-bond donors (Lipinski definition) is 0. The minimum atomic E-state index is -0.121. The third-order valence-electron chi connectivity index (χ3n) is 5.54. The predicted octanol–water partition coefficient (Wildman–Crippen LogP) is 5.84. The highest BCUT2D eigenvalue weighted by molar-refractivity contribution is 7.15. The van der Waals surface area contributed by atoms with Gasteiger partial charge in [-0.3, -0.25) is 4.79 Å². The Morgan fingerprint density at radius 1 is 0.971 bits per heavy atom. The molecule has 5 rings (SSSR count). The molecule has 2 aromatic heterocycles. The van der Waals surface area contributed by atoms with Crippen molar-refractivity contribution in [1.82, 2.24) is 9.38 Å². The zero-order chi connectivity index (χ0) is 23.8. The zero-order valence-corrected chi connectivity index (χ0v) is 20.8. The molecule has 5 aromatic rings. The van der Waals surface area contributed by atoms with Crippen LogP contribution in [0.5, 0.6) is 11.5 Å². The summed E-state index contributed by atoms with van der Waals surface area (Å²) in [6.45, 7) is 4.74. The number of aryl methyl sites for hydroxylation is 2. The molecule has 2 heterocycles. The van der Waals surface area contributed by atoms with Gasteiger partial charge in [-0.05, 0) is 73.0 Å². The van der Waals surface area contributed by atoms with Crippen LogP contribution in [0.3, 0.4) is 0 Å². The normalized spacial score (nSPS) is 12.1. The molecule has 0 saturated carbocycles. The fourth-order valence-electron chi connectivity index (χ4n) is 3.67. The van der Waals surface area contributed by atoms with Crippen LogP contribution in [0.15, 0.2) is 59.4 Å². The van der Waals surface area contributed by atoms with E-state index in [1.165, 1.54) is 22.5 Å². The van der Waals surface area contributed by atoms with Crippen molar-refractivity contribution in [2.75, 3.05) is 13.2 Å². The molecule has 0 N–H and O–H groups in total. The number of thiazole rings is 1. The first-order chi connectivity index (χ1) is 16.4. The molecule has 34 heavy (non-hydrogen) atoms. The number of hydrogen-bond acceptors (Lipinski definition) is 5. The summed E-state index contributed by atoms with van der Waals surface area (Å²) in [6, 6.07) is 17.0. The van der Waals surface area contributed by atoms with Gasteiger partial charge in [0.15, 0.2) is 10.7 Å². The first-order valence-electron chi connectivity index (χ1n) is 10.6. The van der Waals surface area contributed by atoms with Crippen molar-refractivity contribution >= 4 is 56.6 Å². The van der Waals surface area contributed by atoms with Crippen LogP contribution in [0.2, 0.25) is 10.0 Å². The summed E-state index contributed by atoms with van der Waals surface area (Å²) in [5, 5.41) is 0.730. The molecule has 0 unspecified atom stereocenters. The van der Waals surface area contributed by atoms with Crippen LogP contribution in [0.4, 0.5) is 0 Å². The lowest BCUT2D eigenvalue weighted by Crippen LogP contribution is -2.22. The summed E-state index contributed by atoms with van der Waals surface area (Å²) >= 11 is 14.2. The molecular weight excluding hydrogens is 491 g/mol. The Balaban J connectivity index is 1.34. The van der Waals surface area contributed by atoms with Crippen molar-refractivity contribution in [1.29, 1.82) is 0 Å². The molecule has 0 saturated heterocycles. The van der Waals surface area contributed by atoms with Gasteiger partial charge in [0.25, 0.3) is 5.56 Å². The Kier molecular flexibility index (Phi) is 6.21. The van der Waals surface area contributed by atoms with E-state index in [0.717, 1.165) is 16.8 Å². The third-order valence-corrected chi connectivity index (χ3v) is 7.07. The average molecular weight is 511 g/mol. The third kappa shape index (κ3) is 4.37. The molecule has 0 radical (unpaired) electrons. The highest BCUT2D eigenvalue weighted by atomic mass is 35.5. The SMILES string of the molecule is Cc1ccc(OCCOc2c(Cl)cc(/C=c3\sc4nc5ccccc5n4c3=O)cc2Cl)cc1C. The van der Waals surface area contributed by atoms with E-state index in [4.69, 9.17) is 32.7 Å². The van der Waals surface area contributed by atoms with E-state index in [2.05, 4.69) is 11.9 Å². The fraction of sp³-hybridized carbons (Fsp3) is 0.154. The largest absolute Gasteiger partial charge is 0.490 e. The number of benzene rings is 3. The number of para-hydroxylation sites is 2. The first kappa shape index (κ1) is 22.7. The topological polar surface area (TPSA) is 52.8 Å². The smallest absolute Gasteiger partial charge is 0.274 e. The Hall–Kier alpha value is -3.06. The van der Waals surface area contributed by atoms with Gasteiger partial charge >= 0.3 is 0 Å². The average Bonchev–Trinajstić information content (AvgIpc) is 3.31. The minimum absolute atomic E-state index is 0.121. The molecule has 0 amide bonds. The fourth-order valence-corrected chi connectivity index (χ4v) is 5.27. The second-order valence-corrected chi connectivity index (χ2v) is 9.71. The van der Waals surface area contributed by atoms with Gasteiger partial charge in [0.05, 0.1) is 25.6 Å². The number of imidazole rings is 1. The molecule has 3 aromatic carbocycles. The van der Waals surface area contributed by atoms with Gasteiger partial charge in [-0.2, -0.15) is 0 Å². The summed E-state index contributed by atoms with van der Waals surface area (Å²) < 4.78 is 13.7. The van der Waals surface area contributed by atoms with E-state index < -0.39 is 0 Å². The molecule has 0 atom stereocenters. The highest BCUT2D eigenvalue weighted by Crippen LogP contribution is 2.34. The molecular formula is C26H20Cl2N2O3S. The van der Waals surface area contributed by atoms with Crippen LogP contribution >= 0.6 is 34.5 Å². The Morgan fingerprint density at radius 2 is 1.71 bits per heavy atom. The monoisotopic (exact) mass is 510 g/mol. The molecule has 172 valence electrons. The number of fused-ring (bicyclic) bond motifs is 3. The molecule has 8 heteroatoms. The van der Waals surface area contributed by atoms with Gasteiger partial charge in [-0.25, -0.2) is 9.38 Å². The standard InChI is InChI=1S/C26H20Cl2N2O3S/c1-15-7-8-18(11-16(15)2)32-9-10-33-24-19(27)12-17(13-20(24)28)14-23-25(31)30-22-6-4-3-5-21(22)29-26(30)34-23/h3-8,11-14H,9-10H2,1-2H3/b23-14-. The number of nitrogens with zero attached hydrogens (tertiary/aromatic N) is 2. The molecule has 0 spiro atoms. The van der Waals surface area contributed by atoms with Gasteiger partial charge in [0, 0.05) is 0 Å². The Bertz CT molecular complexity index is 1620. The molecule has 5 nitrogen and oxygen atoms in total. The summed E-state index contributed by atoms with van der Waals surface area (Å²) in [4.78, 5) is 18.2. The Morgan fingerprint density at radius 3 is 2.47 bits per heavy atom. The van der Waals surface area contributed by atoms with Crippen LogP contribution in [0.1, 0.15) is 16.7 Å². The van der Waals surface area contributed by atoms with Gasteiger partial charge in [-0.15, -0.1) is 0 Å². The molecule has 0 aliphatic carbocycles. The lowest BCUT2D eigenvalue weighted by molar-refractivity contribution is 0.217. The van der Waals surface area contributed by atoms with Crippen molar-refractivity contribution in [3.63, 3.8) is 0 Å². The van der Waals surface area contributed by atoms with E-state index in [1.54, 1.807) is 22.6 Å². The zero-order valence-electron chi connectivity index (χ0n) is 18.5. The quantitative estimate of drug-likeness (QED) is 0.269. The number of halogens is 2. The van der Waals surface area contributed by atoms with Crippen LogP contribution in [-0.2, 0) is 0 Å². The number of ether oxygens (including phenoxy) is 2. The highest BCUT2D eigenvalue weighted by Gasteiger charge is 2.13. The lowest BCUT2D eigenvalue weighted by Gasteiger charge is -2.12. The van der Waals surface area contributed by atoms with Gasteiger partial charge in [0.2, 0.25) is 0 Å². The second-order valence-electron chi connectivity index (χ2n) is 7.89. The summed E-state index contributed by atoms with van der Waals surface area (Å²) in [6.07, 6.45) is 1.76. The van der Waals surface area contributed by atoms with Crippen LogP contribution < -0.4 is 19.6 Å². The lowest BCUT2D eigenvalue weighted by atomic mass is 10.1. The summed E-state index contributed by atoms with van der Waals surface area (Å²) in [7, 11) is 0.